The standard InChI is InChI=1S/C6H4I.C5H5N2.C2H4O2.Cu/c7-6-4-2-1-3-5-6;6-5-3-1-2-4-7-5;1-2(3)4;/h1-4H;1-4H,(H-,6,7);1H3,(H,3,4);/q2*-1;;+2. The Morgan fingerprint density at radius 1 is 1.32 bits per heavy atom. The number of nitrogens with one attached hydrogen (secondary N) is 1. The van der Waals surface area contributed by atoms with Crippen LogP contribution in [0.15, 0.2) is 48.7 Å². The number of halogens is 1. The third-order valence-corrected chi connectivity index (χ3v) is 2.01. The fraction of sp³-hybridized carbons (Fsp3) is 0.0769. The number of hydrogen-bond donors (Lipinski definition) is 1. The molecule has 6 heteroatoms. The molecule has 2 rings (SSSR count). The molecule has 1 aromatic carbocycles. The van der Waals surface area contributed by atoms with Gasteiger partial charge in [0, 0.05) is 6.92 Å². The summed E-state index contributed by atoms with van der Waals surface area (Å²) in [5.41, 5.74) is 6.88. The first kappa shape index (κ1) is 20.2. The van der Waals surface area contributed by atoms with Crippen LogP contribution in [0.3, 0.4) is 0 Å². The summed E-state index contributed by atoms with van der Waals surface area (Å²) in [6, 6.07) is 16.1. The maximum atomic E-state index is 9.00. The Kier molecular flexibility index (Phi) is 14.2. The van der Waals surface area contributed by atoms with E-state index in [-0.39, 0.29) is 17.1 Å². The zero-order valence-electron chi connectivity index (χ0n) is 10.1. The average molecular weight is 420 g/mol. The van der Waals surface area contributed by atoms with Gasteiger partial charge in [0.1, 0.15) is 0 Å². The maximum Gasteiger partial charge on any atom is 2.00 e. The molecular formula is C13H13CuIN2O2. The van der Waals surface area contributed by atoms with Crippen LogP contribution < -0.4 is 0 Å². The Morgan fingerprint density at radius 3 is 2.11 bits per heavy atom. The molecule has 0 aliphatic heterocycles. The second kappa shape index (κ2) is 13.3. The summed E-state index contributed by atoms with van der Waals surface area (Å²) in [6.07, 6.45) is 1.60. The molecule has 0 atom stereocenters. The Hall–Kier alpha value is -1.11. The van der Waals surface area contributed by atoms with Crippen LogP contribution in [0, 0.1) is 9.64 Å². The van der Waals surface area contributed by atoms with E-state index in [2.05, 4.69) is 33.6 Å². The number of nitrogens with zero attached hydrogens (tertiary/aromatic N) is 1. The molecule has 19 heavy (non-hydrogen) atoms. The first-order valence-corrected chi connectivity index (χ1v) is 6.04. The zero-order chi connectivity index (χ0) is 13.8. The Balaban J connectivity index is 0. The molecular weight excluding hydrogens is 407 g/mol. The number of benzene rings is 1. The minimum atomic E-state index is -0.833. The van der Waals surface area contributed by atoms with Gasteiger partial charge in [-0.15, -0.1) is 3.57 Å². The second-order valence-electron chi connectivity index (χ2n) is 2.94. The molecule has 0 aliphatic carbocycles. The average Bonchev–Trinajstić information content (AvgIpc) is 2.31. The Labute approximate surface area is 137 Å². The minimum absolute atomic E-state index is 0. The van der Waals surface area contributed by atoms with E-state index >= 15 is 0 Å². The number of hydrogen-bond acceptors (Lipinski definition) is 2. The van der Waals surface area contributed by atoms with Crippen LogP contribution in [0.1, 0.15) is 6.92 Å². The van der Waals surface area contributed by atoms with Gasteiger partial charge in [0.05, 0.1) is 0 Å². The van der Waals surface area contributed by atoms with E-state index in [0.717, 1.165) is 6.92 Å². The molecule has 0 fully saturated rings. The predicted molar refractivity (Wildman–Crippen MR) is 79.5 cm³/mol. The molecule has 105 valence electrons. The molecule has 0 bridgehead atoms. The first-order chi connectivity index (χ1) is 8.52. The van der Waals surface area contributed by atoms with Crippen LogP contribution in [-0.4, -0.2) is 16.1 Å². The molecule has 2 N–H and O–H groups in total. The van der Waals surface area contributed by atoms with Gasteiger partial charge in [0.2, 0.25) is 0 Å². The van der Waals surface area contributed by atoms with Crippen LogP contribution in [0.25, 0.3) is 5.73 Å². The van der Waals surface area contributed by atoms with E-state index < -0.39 is 5.97 Å². The third-order valence-electron chi connectivity index (χ3n) is 1.34. The summed E-state index contributed by atoms with van der Waals surface area (Å²) in [7, 11) is 0. The molecule has 0 saturated carbocycles. The van der Waals surface area contributed by atoms with Gasteiger partial charge in [-0.2, -0.15) is 30.3 Å². The van der Waals surface area contributed by atoms with Gasteiger partial charge in [-0.3, -0.25) is 4.79 Å². The summed E-state index contributed by atoms with van der Waals surface area (Å²) in [5.74, 6) is -0.512. The summed E-state index contributed by atoms with van der Waals surface area (Å²) < 4.78 is 1.17. The third kappa shape index (κ3) is 16.9. The van der Waals surface area contributed by atoms with Gasteiger partial charge in [-0.25, -0.2) is 0 Å². The van der Waals surface area contributed by atoms with Crippen molar-refractivity contribution in [2.24, 2.45) is 0 Å². The molecule has 0 amide bonds. The van der Waals surface area contributed by atoms with E-state index in [1.165, 1.54) is 3.57 Å². The van der Waals surface area contributed by atoms with Crippen molar-refractivity contribution in [2.45, 2.75) is 6.92 Å². The number of aromatic nitrogens is 1. The SMILES string of the molecule is CC(=O)O.Ic1[c-]cccc1.[Cu+2].[NH-]c1ccccn1. The number of carbonyl (C=O) groups is 1. The van der Waals surface area contributed by atoms with Crippen LogP contribution in [0.5, 0.6) is 0 Å². The van der Waals surface area contributed by atoms with E-state index in [4.69, 9.17) is 15.6 Å². The van der Waals surface area contributed by atoms with Gasteiger partial charge in [-0.1, -0.05) is 52.8 Å². The van der Waals surface area contributed by atoms with E-state index in [1.807, 2.05) is 24.3 Å². The monoisotopic (exact) mass is 419 g/mol. The van der Waals surface area contributed by atoms with Crippen molar-refractivity contribution in [1.82, 2.24) is 4.98 Å². The van der Waals surface area contributed by atoms with Crippen molar-refractivity contribution in [3.8, 4) is 0 Å². The van der Waals surface area contributed by atoms with Gasteiger partial charge in [0.25, 0.3) is 5.97 Å². The number of carboxylic acid groups (broad SMARTS) is 1. The molecule has 1 aromatic heterocycles. The van der Waals surface area contributed by atoms with Crippen LogP contribution >= 0.6 is 22.6 Å². The minimum Gasteiger partial charge on any atom is -0.482 e. The molecule has 0 unspecified atom stereocenters. The number of carboxylic acids is 1. The molecule has 1 radical (unpaired) electrons. The summed E-state index contributed by atoms with van der Waals surface area (Å²) in [6.45, 7) is 1.08. The van der Waals surface area contributed by atoms with Crippen LogP contribution in [0.4, 0.5) is 5.82 Å². The molecule has 0 saturated heterocycles. The quantitative estimate of drug-likeness (QED) is 0.399. The van der Waals surface area contributed by atoms with Crippen molar-refractivity contribution in [2.75, 3.05) is 0 Å². The molecule has 2 aromatic rings. The van der Waals surface area contributed by atoms with Crippen LogP contribution in [-0.2, 0) is 21.9 Å². The summed E-state index contributed by atoms with van der Waals surface area (Å²) >= 11 is 2.22. The predicted octanol–water partition coefficient (Wildman–Crippen LogP) is 3.95. The summed E-state index contributed by atoms with van der Waals surface area (Å²) in [5, 5.41) is 7.42. The number of pyridine rings is 1. The van der Waals surface area contributed by atoms with Gasteiger partial charge in [0.15, 0.2) is 0 Å². The largest absolute Gasteiger partial charge is 2.00 e. The second-order valence-corrected chi connectivity index (χ2v) is 4.11. The molecule has 0 spiro atoms. The van der Waals surface area contributed by atoms with Crippen molar-refractivity contribution in [3.63, 3.8) is 0 Å². The van der Waals surface area contributed by atoms with Crippen molar-refractivity contribution < 1.29 is 27.0 Å². The van der Waals surface area contributed by atoms with Crippen molar-refractivity contribution in [1.29, 1.82) is 0 Å². The fourth-order valence-corrected chi connectivity index (χ4v) is 1.12. The molecule has 4 nitrogen and oxygen atoms in total. The Bertz CT molecular complexity index is 399. The smallest absolute Gasteiger partial charge is 0.482 e. The zero-order valence-corrected chi connectivity index (χ0v) is 13.2. The van der Waals surface area contributed by atoms with Crippen molar-refractivity contribution >= 4 is 34.4 Å². The van der Waals surface area contributed by atoms with Crippen molar-refractivity contribution in [3.05, 3.63) is 64.0 Å². The van der Waals surface area contributed by atoms with Gasteiger partial charge < -0.3 is 15.8 Å². The number of aliphatic carboxylic acids is 1. The first-order valence-electron chi connectivity index (χ1n) is 4.96. The maximum absolute atomic E-state index is 9.00. The van der Waals surface area contributed by atoms with Gasteiger partial charge >= 0.3 is 17.1 Å². The Morgan fingerprint density at radius 2 is 1.89 bits per heavy atom. The number of rotatable bonds is 0. The van der Waals surface area contributed by atoms with E-state index in [0.29, 0.717) is 5.82 Å². The van der Waals surface area contributed by atoms with Gasteiger partial charge in [-0.05, 0) is 0 Å². The normalized spacial score (nSPS) is 7.68. The molecule has 0 aliphatic rings. The van der Waals surface area contributed by atoms with E-state index in [1.54, 1.807) is 24.4 Å². The summed E-state index contributed by atoms with van der Waals surface area (Å²) in [4.78, 5) is 12.6. The van der Waals surface area contributed by atoms with Crippen LogP contribution in [0.2, 0.25) is 0 Å². The molecule has 1 heterocycles. The fourth-order valence-electron chi connectivity index (χ4n) is 0.734. The topological polar surface area (TPSA) is 74.0 Å². The van der Waals surface area contributed by atoms with E-state index in [9.17, 15) is 0 Å².